The zero-order valence-electron chi connectivity index (χ0n) is 15.9. The first kappa shape index (κ1) is 21.7. The first-order valence-corrected chi connectivity index (χ1v) is 13.0. The Labute approximate surface area is 177 Å². The number of amides is 1. The van der Waals surface area contributed by atoms with Crippen molar-refractivity contribution in [2.45, 2.75) is 18.7 Å². The molecule has 1 heterocycles. The fraction of sp³-hybridized carbons (Fsp3) is 0.300. The smallest absolute Gasteiger partial charge is 0.249 e. The number of nitrogens with zero attached hydrogens (tertiary/aromatic N) is 2. The van der Waals surface area contributed by atoms with Crippen LogP contribution in [-0.2, 0) is 26.9 Å². The summed E-state index contributed by atoms with van der Waals surface area (Å²) in [6.45, 7) is 0.630. The minimum atomic E-state index is -3.41. The van der Waals surface area contributed by atoms with Gasteiger partial charge in [0.05, 0.1) is 21.7 Å². The van der Waals surface area contributed by atoms with Crippen molar-refractivity contribution in [1.29, 1.82) is 0 Å². The van der Waals surface area contributed by atoms with E-state index in [4.69, 9.17) is 0 Å². The predicted octanol–water partition coefficient (Wildman–Crippen LogP) is 3.64. The van der Waals surface area contributed by atoms with Gasteiger partial charge < -0.3 is 4.57 Å². The van der Waals surface area contributed by atoms with Crippen LogP contribution in [-0.4, -0.2) is 36.7 Å². The molecule has 29 heavy (non-hydrogen) atoms. The van der Waals surface area contributed by atoms with Crippen molar-refractivity contribution < 1.29 is 17.6 Å². The highest BCUT2D eigenvalue weighted by Crippen LogP contribution is 2.19. The second-order valence-electron chi connectivity index (χ2n) is 6.47. The average Bonchev–Trinajstić information content (AvgIpc) is 3.01. The van der Waals surface area contributed by atoms with Crippen molar-refractivity contribution in [1.82, 2.24) is 4.57 Å². The molecule has 0 spiro atoms. The standard InChI is InChI=1S/C20H21FN2O3S3/c1-27-11-10-23-17-8-7-16(21)13-18(17)28-20(23)22-19(24)9-12-29(25,26)14-15-5-3-2-4-6-15/h2-8,13H,9-12,14H2,1H3. The van der Waals surface area contributed by atoms with Gasteiger partial charge >= 0.3 is 0 Å². The number of carbonyl (C=O) groups is 1. The summed E-state index contributed by atoms with van der Waals surface area (Å²) >= 11 is 2.89. The van der Waals surface area contributed by atoms with Gasteiger partial charge in [0.2, 0.25) is 5.91 Å². The minimum Gasteiger partial charge on any atom is -0.316 e. The average molecular weight is 453 g/mol. The normalized spacial score (nSPS) is 12.6. The van der Waals surface area contributed by atoms with E-state index in [2.05, 4.69) is 4.99 Å². The zero-order valence-corrected chi connectivity index (χ0v) is 18.3. The van der Waals surface area contributed by atoms with E-state index in [0.29, 0.717) is 21.6 Å². The van der Waals surface area contributed by atoms with Crippen LogP contribution in [0.4, 0.5) is 4.39 Å². The van der Waals surface area contributed by atoms with Gasteiger partial charge in [0, 0.05) is 18.7 Å². The van der Waals surface area contributed by atoms with Crippen molar-refractivity contribution >= 4 is 49.1 Å². The highest BCUT2D eigenvalue weighted by atomic mass is 32.2. The number of hydrogen-bond acceptors (Lipinski definition) is 5. The van der Waals surface area contributed by atoms with E-state index in [1.165, 1.54) is 23.5 Å². The van der Waals surface area contributed by atoms with Gasteiger partial charge in [0.15, 0.2) is 14.6 Å². The van der Waals surface area contributed by atoms with E-state index in [0.717, 1.165) is 11.3 Å². The first-order chi connectivity index (χ1) is 13.9. The summed E-state index contributed by atoms with van der Waals surface area (Å²) in [5, 5.41) is 0. The summed E-state index contributed by atoms with van der Waals surface area (Å²) in [4.78, 5) is 17.0. The molecule has 0 unspecified atom stereocenters. The van der Waals surface area contributed by atoms with Crippen molar-refractivity contribution in [3.05, 3.63) is 64.7 Å². The van der Waals surface area contributed by atoms with Gasteiger partial charge in [-0.2, -0.15) is 16.8 Å². The first-order valence-electron chi connectivity index (χ1n) is 8.98. The molecule has 1 amide bonds. The lowest BCUT2D eigenvalue weighted by atomic mass is 10.2. The topological polar surface area (TPSA) is 68.5 Å². The van der Waals surface area contributed by atoms with E-state index < -0.39 is 15.7 Å². The molecular formula is C20H21FN2O3S3. The van der Waals surface area contributed by atoms with E-state index in [1.807, 2.05) is 16.9 Å². The number of rotatable bonds is 8. The van der Waals surface area contributed by atoms with Gasteiger partial charge in [0.1, 0.15) is 5.82 Å². The summed E-state index contributed by atoms with van der Waals surface area (Å²) in [5.74, 6) is -0.381. The van der Waals surface area contributed by atoms with Crippen LogP contribution in [0, 0.1) is 5.82 Å². The number of carbonyl (C=O) groups excluding carboxylic acids is 1. The fourth-order valence-electron chi connectivity index (χ4n) is 2.84. The molecule has 1 aromatic heterocycles. The largest absolute Gasteiger partial charge is 0.316 e. The monoisotopic (exact) mass is 452 g/mol. The van der Waals surface area contributed by atoms with Crippen molar-refractivity contribution in [2.75, 3.05) is 17.8 Å². The van der Waals surface area contributed by atoms with Crippen LogP contribution in [0.15, 0.2) is 53.5 Å². The third kappa shape index (κ3) is 6.01. The SMILES string of the molecule is CSCCn1c(=NC(=O)CCS(=O)(=O)Cc2ccccc2)sc2cc(F)ccc21. The van der Waals surface area contributed by atoms with Gasteiger partial charge in [-0.15, -0.1) is 0 Å². The van der Waals surface area contributed by atoms with Crippen LogP contribution < -0.4 is 4.80 Å². The number of thiazole rings is 1. The molecule has 0 bridgehead atoms. The van der Waals surface area contributed by atoms with Gasteiger partial charge in [0.25, 0.3) is 0 Å². The molecule has 0 saturated heterocycles. The van der Waals surface area contributed by atoms with Gasteiger partial charge in [-0.05, 0) is 30.0 Å². The third-order valence-corrected chi connectivity index (χ3v) is 7.47. The Morgan fingerprint density at radius 3 is 2.69 bits per heavy atom. The molecule has 3 aromatic rings. The maximum absolute atomic E-state index is 13.6. The second-order valence-corrected chi connectivity index (χ2v) is 10.7. The summed E-state index contributed by atoms with van der Waals surface area (Å²) < 4.78 is 40.7. The van der Waals surface area contributed by atoms with Gasteiger partial charge in [-0.25, -0.2) is 12.8 Å². The van der Waals surface area contributed by atoms with E-state index in [9.17, 15) is 17.6 Å². The molecule has 2 aromatic carbocycles. The lowest BCUT2D eigenvalue weighted by molar-refractivity contribution is -0.117. The fourth-order valence-corrected chi connectivity index (χ4v) is 5.63. The van der Waals surface area contributed by atoms with Crippen molar-refractivity contribution in [3.63, 3.8) is 0 Å². The molecule has 0 aliphatic heterocycles. The van der Waals surface area contributed by atoms with Crippen LogP contribution in [0.1, 0.15) is 12.0 Å². The minimum absolute atomic E-state index is 0.100. The zero-order chi connectivity index (χ0) is 20.9. The highest BCUT2D eigenvalue weighted by Gasteiger charge is 2.15. The van der Waals surface area contributed by atoms with Crippen LogP contribution in [0.2, 0.25) is 0 Å². The Hall–Kier alpha value is -1.97. The number of fused-ring (bicyclic) bond motifs is 1. The molecule has 0 aliphatic rings. The molecule has 0 atom stereocenters. The maximum Gasteiger partial charge on any atom is 0.249 e. The molecular weight excluding hydrogens is 431 g/mol. The molecule has 0 radical (unpaired) electrons. The summed E-state index contributed by atoms with van der Waals surface area (Å²) in [6, 6.07) is 13.3. The Balaban J connectivity index is 1.78. The van der Waals surface area contributed by atoms with Gasteiger partial charge in [-0.1, -0.05) is 41.7 Å². The Morgan fingerprint density at radius 1 is 1.21 bits per heavy atom. The molecule has 0 N–H and O–H groups in total. The van der Waals surface area contributed by atoms with Crippen molar-refractivity contribution in [2.24, 2.45) is 4.99 Å². The number of thioether (sulfide) groups is 1. The molecule has 9 heteroatoms. The Morgan fingerprint density at radius 2 is 1.97 bits per heavy atom. The molecule has 0 fully saturated rings. The van der Waals surface area contributed by atoms with Crippen LogP contribution in [0.25, 0.3) is 10.2 Å². The number of benzene rings is 2. The van der Waals surface area contributed by atoms with Crippen LogP contribution >= 0.6 is 23.1 Å². The maximum atomic E-state index is 13.6. The quantitative estimate of drug-likeness (QED) is 0.523. The summed E-state index contributed by atoms with van der Waals surface area (Å²) in [6.07, 6.45) is 1.80. The third-order valence-electron chi connectivity index (χ3n) is 4.24. The lowest BCUT2D eigenvalue weighted by Crippen LogP contribution is -2.19. The summed E-state index contributed by atoms with van der Waals surface area (Å²) in [5.41, 5.74) is 1.51. The number of sulfone groups is 1. The van der Waals surface area contributed by atoms with Crippen LogP contribution in [0.5, 0.6) is 0 Å². The Kier molecular flexibility index (Phi) is 7.26. The van der Waals surface area contributed by atoms with E-state index >= 15 is 0 Å². The number of hydrogen-bond donors (Lipinski definition) is 0. The number of aryl methyl sites for hydroxylation is 1. The second kappa shape index (κ2) is 9.69. The molecule has 154 valence electrons. The highest BCUT2D eigenvalue weighted by molar-refractivity contribution is 7.98. The number of halogens is 1. The molecule has 5 nitrogen and oxygen atoms in total. The molecule has 0 saturated carbocycles. The van der Waals surface area contributed by atoms with Crippen LogP contribution in [0.3, 0.4) is 0 Å². The van der Waals surface area contributed by atoms with Gasteiger partial charge in [-0.3, -0.25) is 4.79 Å². The lowest BCUT2D eigenvalue weighted by Gasteiger charge is -2.04. The van der Waals surface area contributed by atoms with E-state index in [-0.39, 0.29) is 23.7 Å². The number of aromatic nitrogens is 1. The van der Waals surface area contributed by atoms with Crippen molar-refractivity contribution in [3.8, 4) is 0 Å². The van der Waals surface area contributed by atoms with E-state index in [1.54, 1.807) is 42.1 Å². The molecule has 0 aliphatic carbocycles. The Bertz CT molecular complexity index is 1170. The summed E-state index contributed by atoms with van der Waals surface area (Å²) in [7, 11) is -3.41. The predicted molar refractivity (Wildman–Crippen MR) is 117 cm³/mol. The molecule has 3 rings (SSSR count).